The lowest BCUT2D eigenvalue weighted by molar-refractivity contribution is 0.905. The van der Waals surface area contributed by atoms with Crippen molar-refractivity contribution in [3.05, 3.63) is 68.7 Å². The summed E-state index contributed by atoms with van der Waals surface area (Å²) in [6.07, 6.45) is 0.866. The summed E-state index contributed by atoms with van der Waals surface area (Å²) in [5, 5.41) is 0.0219. The fourth-order valence-electron chi connectivity index (χ4n) is 2.30. The number of hydrogen-bond donors (Lipinski definition) is 0. The van der Waals surface area contributed by atoms with Crippen LogP contribution >= 0.6 is 27.5 Å². The fourth-order valence-corrected chi connectivity index (χ4v) is 3.17. The van der Waals surface area contributed by atoms with E-state index in [0.29, 0.717) is 0 Å². The van der Waals surface area contributed by atoms with Gasteiger partial charge in [-0.1, -0.05) is 51.8 Å². The van der Waals surface area contributed by atoms with E-state index in [1.165, 1.54) is 27.8 Å². The zero-order valence-corrected chi connectivity index (χ0v) is 13.8. The highest BCUT2D eigenvalue weighted by Gasteiger charge is 2.13. The van der Waals surface area contributed by atoms with Crippen LogP contribution in [0.1, 0.15) is 33.2 Å². The van der Waals surface area contributed by atoms with E-state index in [-0.39, 0.29) is 5.38 Å². The lowest BCUT2D eigenvalue weighted by Crippen LogP contribution is -2.00. The van der Waals surface area contributed by atoms with Crippen LogP contribution in [-0.4, -0.2) is 0 Å². The number of halogens is 2. The highest BCUT2D eigenvalue weighted by molar-refractivity contribution is 9.10. The molecule has 0 saturated heterocycles. The van der Waals surface area contributed by atoms with Crippen molar-refractivity contribution in [2.24, 2.45) is 0 Å². The van der Waals surface area contributed by atoms with Crippen LogP contribution in [0.5, 0.6) is 0 Å². The number of rotatable bonds is 3. The van der Waals surface area contributed by atoms with Crippen molar-refractivity contribution in [2.45, 2.75) is 32.6 Å². The normalized spacial score (nSPS) is 12.5. The molecule has 0 amide bonds. The molecular weight excluding hydrogens is 320 g/mol. The Labute approximate surface area is 128 Å². The first-order chi connectivity index (χ1) is 8.97. The van der Waals surface area contributed by atoms with Crippen molar-refractivity contribution in [3.63, 3.8) is 0 Å². The molecule has 0 spiro atoms. The first-order valence-corrected chi connectivity index (χ1v) is 7.66. The second-order valence-corrected chi connectivity index (χ2v) is 6.50. The molecule has 0 aromatic heterocycles. The first kappa shape index (κ1) is 14.6. The molecule has 0 bridgehead atoms. The van der Waals surface area contributed by atoms with Crippen molar-refractivity contribution in [3.8, 4) is 0 Å². The maximum Gasteiger partial charge on any atom is 0.0628 e. The van der Waals surface area contributed by atoms with Crippen molar-refractivity contribution < 1.29 is 0 Å². The third-order valence-corrected chi connectivity index (χ3v) is 4.63. The summed E-state index contributed by atoms with van der Waals surface area (Å²) in [7, 11) is 0. The third-order valence-electron chi connectivity index (χ3n) is 3.38. The minimum Gasteiger partial charge on any atom is -0.117 e. The largest absolute Gasteiger partial charge is 0.117 e. The Balaban J connectivity index is 2.25. The molecule has 0 aliphatic rings. The number of hydrogen-bond acceptors (Lipinski definition) is 0. The summed E-state index contributed by atoms with van der Waals surface area (Å²) in [4.78, 5) is 0. The predicted octanol–water partition coefficient (Wildman–Crippen LogP) is 5.90. The Morgan fingerprint density at radius 1 is 1.05 bits per heavy atom. The fraction of sp³-hybridized carbons (Fsp3) is 0.294. The Morgan fingerprint density at radius 3 is 2.47 bits per heavy atom. The molecule has 1 atom stereocenters. The van der Waals surface area contributed by atoms with E-state index in [4.69, 9.17) is 11.6 Å². The second-order valence-electron chi connectivity index (χ2n) is 5.12. The van der Waals surface area contributed by atoms with Gasteiger partial charge in [0.2, 0.25) is 0 Å². The van der Waals surface area contributed by atoms with E-state index >= 15 is 0 Å². The smallest absolute Gasteiger partial charge is 0.0628 e. The molecule has 0 heterocycles. The molecule has 0 saturated carbocycles. The van der Waals surface area contributed by atoms with Gasteiger partial charge in [-0.25, -0.2) is 0 Å². The van der Waals surface area contributed by atoms with Gasteiger partial charge in [0.05, 0.1) is 5.38 Å². The zero-order valence-electron chi connectivity index (χ0n) is 11.5. The molecule has 2 heteroatoms. The molecule has 2 rings (SSSR count). The summed E-state index contributed by atoms with van der Waals surface area (Å²) in [5.74, 6) is 0. The number of benzene rings is 2. The van der Waals surface area contributed by atoms with Gasteiger partial charge >= 0.3 is 0 Å². The number of aryl methyl sites for hydroxylation is 3. The highest BCUT2D eigenvalue weighted by Crippen LogP contribution is 2.31. The topological polar surface area (TPSA) is 0 Å². The lowest BCUT2D eigenvalue weighted by Gasteiger charge is -2.15. The zero-order chi connectivity index (χ0) is 14.0. The van der Waals surface area contributed by atoms with Crippen LogP contribution in [0.2, 0.25) is 0 Å². The lowest BCUT2D eigenvalue weighted by atomic mass is 9.97. The van der Waals surface area contributed by atoms with Crippen molar-refractivity contribution in [2.75, 3.05) is 0 Å². The van der Waals surface area contributed by atoms with E-state index in [2.05, 4.69) is 73.1 Å². The van der Waals surface area contributed by atoms with Gasteiger partial charge < -0.3 is 0 Å². The van der Waals surface area contributed by atoms with Gasteiger partial charge in [-0.15, -0.1) is 11.6 Å². The van der Waals surface area contributed by atoms with Gasteiger partial charge in [0, 0.05) is 4.47 Å². The molecule has 2 aromatic carbocycles. The van der Waals surface area contributed by atoms with E-state index < -0.39 is 0 Å². The summed E-state index contributed by atoms with van der Waals surface area (Å²) in [6, 6.07) is 12.9. The second kappa shape index (κ2) is 6.11. The monoisotopic (exact) mass is 336 g/mol. The third kappa shape index (κ3) is 3.61. The van der Waals surface area contributed by atoms with E-state index in [0.717, 1.165) is 10.9 Å². The molecular formula is C17H18BrCl. The minimum absolute atomic E-state index is 0.0219. The maximum absolute atomic E-state index is 6.61. The van der Waals surface area contributed by atoms with Crippen LogP contribution in [0.3, 0.4) is 0 Å². The summed E-state index contributed by atoms with van der Waals surface area (Å²) < 4.78 is 1.15. The van der Waals surface area contributed by atoms with E-state index in [9.17, 15) is 0 Å². The van der Waals surface area contributed by atoms with Gasteiger partial charge in [0.1, 0.15) is 0 Å². The van der Waals surface area contributed by atoms with Gasteiger partial charge in [0.15, 0.2) is 0 Å². The molecule has 0 radical (unpaired) electrons. The van der Waals surface area contributed by atoms with Gasteiger partial charge in [-0.05, 0) is 55.5 Å². The average Bonchev–Trinajstić information content (AvgIpc) is 2.33. The average molecular weight is 338 g/mol. The van der Waals surface area contributed by atoms with E-state index in [1.807, 2.05) is 0 Å². The molecule has 19 heavy (non-hydrogen) atoms. The Morgan fingerprint density at radius 2 is 1.79 bits per heavy atom. The van der Waals surface area contributed by atoms with Crippen LogP contribution in [0.4, 0.5) is 0 Å². The van der Waals surface area contributed by atoms with Crippen molar-refractivity contribution in [1.29, 1.82) is 0 Å². The molecule has 0 fully saturated rings. The maximum atomic E-state index is 6.61. The van der Waals surface area contributed by atoms with Crippen LogP contribution in [0.25, 0.3) is 0 Å². The predicted molar refractivity (Wildman–Crippen MR) is 87.1 cm³/mol. The van der Waals surface area contributed by atoms with Gasteiger partial charge in [0.25, 0.3) is 0 Å². The Bertz CT molecular complexity index is 590. The highest BCUT2D eigenvalue weighted by atomic mass is 79.9. The standard InChI is InChI=1S/C17H18BrCl/c1-11-5-4-6-14(7-11)10-17(19)15-8-13(3)16(18)9-12(15)2/h4-9,17H,10H2,1-3H3. The minimum atomic E-state index is 0.0219. The quantitative estimate of drug-likeness (QED) is 0.612. The number of alkyl halides is 1. The van der Waals surface area contributed by atoms with E-state index in [1.54, 1.807) is 0 Å². The van der Waals surface area contributed by atoms with Crippen LogP contribution < -0.4 is 0 Å². The molecule has 0 aliphatic carbocycles. The molecule has 0 aliphatic heterocycles. The van der Waals surface area contributed by atoms with Gasteiger partial charge in [-0.3, -0.25) is 0 Å². The van der Waals surface area contributed by atoms with Crippen LogP contribution in [0, 0.1) is 20.8 Å². The molecule has 100 valence electrons. The SMILES string of the molecule is Cc1cccc(CC(Cl)c2cc(C)c(Br)cc2C)c1. The Kier molecular flexibility index (Phi) is 4.70. The summed E-state index contributed by atoms with van der Waals surface area (Å²) in [5.41, 5.74) is 6.27. The molecule has 1 unspecified atom stereocenters. The molecule has 0 nitrogen and oxygen atoms in total. The molecule has 2 aromatic rings. The summed E-state index contributed by atoms with van der Waals surface area (Å²) in [6.45, 7) is 6.33. The van der Waals surface area contributed by atoms with Crippen molar-refractivity contribution >= 4 is 27.5 Å². The Hall–Kier alpha value is -0.790. The summed E-state index contributed by atoms with van der Waals surface area (Å²) >= 11 is 10.2. The first-order valence-electron chi connectivity index (χ1n) is 6.43. The van der Waals surface area contributed by atoms with Crippen LogP contribution in [0.15, 0.2) is 40.9 Å². The van der Waals surface area contributed by atoms with Gasteiger partial charge in [-0.2, -0.15) is 0 Å². The van der Waals surface area contributed by atoms with Crippen molar-refractivity contribution in [1.82, 2.24) is 0 Å². The van der Waals surface area contributed by atoms with Crippen LogP contribution in [-0.2, 0) is 6.42 Å². The molecule has 0 N–H and O–H groups in total.